The van der Waals surface area contributed by atoms with E-state index in [-0.39, 0.29) is 28.7 Å². The smallest absolute Gasteiger partial charge is 0.272 e. The fourth-order valence-electron chi connectivity index (χ4n) is 2.98. The van der Waals surface area contributed by atoms with Gasteiger partial charge in [0.2, 0.25) is 12.7 Å². The Morgan fingerprint density at radius 1 is 1.26 bits per heavy atom. The van der Waals surface area contributed by atoms with Crippen LogP contribution in [-0.4, -0.2) is 31.2 Å². The minimum absolute atomic E-state index is 0.0466. The number of nitrogens with zero attached hydrogens (tertiary/aromatic N) is 2. The Balaban J connectivity index is 1.93. The number of benzene rings is 1. The Labute approximate surface area is 155 Å². The second-order valence-corrected chi connectivity index (χ2v) is 7.68. The van der Waals surface area contributed by atoms with Crippen LogP contribution in [0.5, 0.6) is 11.5 Å². The summed E-state index contributed by atoms with van der Waals surface area (Å²) in [5, 5.41) is 2.96. The molecule has 27 heavy (non-hydrogen) atoms. The molecule has 1 aliphatic heterocycles. The van der Waals surface area contributed by atoms with Crippen LogP contribution in [-0.2, 0) is 16.6 Å². The van der Waals surface area contributed by atoms with Gasteiger partial charge in [-0.05, 0) is 42.9 Å². The first kappa shape index (κ1) is 17.5. The zero-order chi connectivity index (χ0) is 19.0. The van der Waals surface area contributed by atoms with E-state index in [1.54, 1.807) is 31.3 Å². The summed E-state index contributed by atoms with van der Waals surface area (Å²) in [6.07, 6.45) is 2.77. The number of aromatic nitrogens is 2. The molecule has 2 aromatic heterocycles. The molecule has 1 aromatic carbocycles. The highest BCUT2D eigenvalue weighted by molar-refractivity contribution is 7.90. The van der Waals surface area contributed by atoms with E-state index in [4.69, 9.17) is 9.47 Å². The van der Waals surface area contributed by atoms with Gasteiger partial charge in [0.25, 0.3) is 10.0 Å². The lowest BCUT2D eigenvalue weighted by Gasteiger charge is -2.12. The van der Waals surface area contributed by atoms with Crippen molar-refractivity contribution in [3.63, 3.8) is 0 Å². The lowest BCUT2D eigenvalue weighted by Crippen LogP contribution is -2.14. The third-order valence-corrected chi connectivity index (χ3v) is 5.85. The largest absolute Gasteiger partial charge is 0.454 e. The zero-order valence-corrected chi connectivity index (χ0v) is 15.2. The molecule has 0 atom stereocenters. The molecule has 0 saturated heterocycles. The van der Waals surface area contributed by atoms with Gasteiger partial charge in [-0.15, -0.1) is 0 Å². The van der Waals surface area contributed by atoms with E-state index in [0.29, 0.717) is 17.9 Å². The van der Waals surface area contributed by atoms with Gasteiger partial charge in [0.1, 0.15) is 4.90 Å². The molecule has 4 rings (SSSR count). The standard InChI is InChI=1S/C18H16FN3O4S/c1-20-9-12-8-14(13-4-3-7-21-18(13)19)22(10-12)27(23,24)16-6-2-5-15-17(16)26-11-25-15/h2-8,10,20H,9,11H2,1H3. The average molecular weight is 389 g/mol. The summed E-state index contributed by atoms with van der Waals surface area (Å²) in [6, 6.07) is 9.30. The Morgan fingerprint density at radius 2 is 2.11 bits per heavy atom. The fourth-order valence-corrected chi connectivity index (χ4v) is 4.52. The molecule has 1 aliphatic rings. The minimum Gasteiger partial charge on any atom is -0.454 e. The molecule has 0 saturated carbocycles. The average Bonchev–Trinajstić information content (AvgIpc) is 3.29. The molecule has 0 spiro atoms. The highest BCUT2D eigenvalue weighted by atomic mass is 32.2. The maximum Gasteiger partial charge on any atom is 0.272 e. The first-order valence-corrected chi connectivity index (χ1v) is 9.57. The molecule has 3 aromatic rings. The van der Waals surface area contributed by atoms with Gasteiger partial charge in [0.05, 0.1) is 11.3 Å². The van der Waals surface area contributed by atoms with Gasteiger partial charge in [-0.3, -0.25) is 0 Å². The van der Waals surface area contributed by atoms with Crippen molar-refractivity contribution < 1.29 is 22.3 Å². The SMILES string of the molecule is CNCc1cc(-c2cccnc2F)n(S(=O)(=O)c2cccc3c2OCO3)c1. The van der Waals surface area contributed by atoms with Gasteiger partial charge in [0, 0.05) is 18.9 Å². The van der Waals surface area contributed by atoms with Crippen molar-refractivity contribution in [1.82, 2.24) is 14.3 Å². The molecule has 9 heteroatoms. The molecule has 0 amide bonds. The van der Waals surface area contributed by atoms with Crippen LogP contribution in [0.4, 0.5) is 4.39 Å². The molecule has 1 N–H and O–H groups in total. The van der Waals surface area contributed by atoms with Crippen LogP contribution in [0.2, 0.25) is 0 Å². The zero-order valence-electron chi connectivity index (χ0n) is 14.3. The summed E-state index contributed by atoms with van der Waals surface area (Å²) >= 11 is 0. The fraction of sp³-hybridized carbons (Fsp3) is 0.167. The minimum atomic E-state index is -4.07. The van der Waals surface area contributed by atoms with E-state index in [9.17, 15) is 12.8 Å². The Bertz CT molecular complexity index is 1110. The summed E-state index contributed by atoms with van der Waals surface area (Å²) in [5.41, 5.74) is 0.958. The first-order chi connectivity index (χ1) is 13.0. The van der Waals surface area contributed by atoms with Gasteiger partial charge < -0.3 is 14.8 Å². The van der Waals surface area contributed by atoms with Crippen LogP contribution in [0.3, 0.4) is 0 Å². The Morgan fingerprint density at radius 3 is 2.89 bits per heavy atom. The van der Waals surface area contributed by atoms with E-state index in [0.717, 1.165) is 3.97 Å². The predicted molar refractivity (Wildman–Crippen MR) is 95.5 cm³/mol. The number of fused-ring (bicyclic) bond motifs is 1. The van der Waals surface area contributed by atoms with Crippen molar-refractivity contribution in [3.8, 4) is 22.8 Å². The van der Waals surface area contributed by atoms with Crippen LogP contribution in [0, 0.1) is 5.95 Å². The maximum atomic E-state index is 14.3. The quantitative estimate of drug-likeness (QED) is 0.675. The van der Waals surface area contributed by atoms with Crippen LogP contribution in [0.25, 0.3) is 11.3 Å². The highest BCUT2D eigenvalue weighted by Gasteiger charge is 2.30. The van der Waals surface area contributed by atoms with Crippen molar-refractivity contribution in [2.75, 3.05) is 13.8 Å². The normalized spacial score (nSPS) is 13.1. The third kappa shape index (κ3) is 2.94. The maximum absolute atomic E-state index is 14.3. The molecule has 7 nitrogen and oxygen atoms in total. The predicted octanol–water partition coefficient (Wildman–Crippen LogP) is 2.37. The van der Waals surface area contributed by atoms with Crippen molar-refractivity contribution in [1.29, 1.82) is 0 Å². The van der Waals surface area contributed by atoms with Crippen LogP contribution in [0.1, 0.15) is 5.56 Å². The number of rotatable bonds is 5. The number of hydrogen-bond donors (Lipinski definition) is 1. The lowest BCUT2D eigenvalue weighted by atomic mass is 10.2. The molecule has 0 unspecified atom stereocenters. The lowest BCUT2D eigenvalue weighted by molar-refractivity contribution is 0.172. The number of para-hydroxylation sites is 1. The van der Waals surface area contributed by atoms with Crippen LogP contribution in [0.15, 0.2) is 53.7 Å². The van der Waals surface area contributed by atoms with Crippen LogP contribution >= 0.6 is 0 Å². The molecule has 0 radical (unpaired) electrons. The molecular weight excluding hydrogens is 373 g/mol. The molecule has 0 bridgehead atoms. The van der Waals surface area contributed by atoms with Gasteiger partial charge >= 0.3 is 0 Å². The summed E-state index contributed by atoms with van der Waals surface area (Å²) < 4.78 is 52.7. The number of halogens is 1. The topological polar surface area (TPSA) is 82.5 Å². The van der Waals surface area contributed by atoms with E-state index in [1.807, 2.05) is 0 Å². The molecule has 0 fully saturated rings. The van der Waals surface area contributed by atoms with Gasteiger partial charge in [0.15, 0.2) is 11.5 Å². The van der Waals surface area contributed by atoms with E-state index in [1.165, 1.54) is 24.5 Å². The highest BCUT2D eigenvalue weighted by Crippen LogP contribution is 2.40. The first-order valence-electron chi connectivity index (χ1n) is 8.13. The Hall–Kier alpha value is -2.91. The van der Waals surface area contributed by atoms with Crippen molar-refractivity contribution in [2.45, 2.75) is 11.4 Å². The monoisotopic (exact) mass is 389 g/mol. The molecule has 0 aliphatic carbocycles. The van der Waals surface area contributed by atoms with E-state index in [2.05, 4.69) is 10.3 Å². The van der Waals surface area contributed by atoms with Crippen molar-refractivity contribution in [2.24, 2.45) is 0 Å². The Kier molecular flexibility index (Phi) is 4.33. The second kappa shape index (κ2) is 6.67. The van der Waals surface area contributed by atoms with Gasteiger partial charge in [-0.1, -0.05) is 6.07 Å². The number of ether oxygens (including phenoxy) is 2. The number of pyridine rings is 1. The van der Waals surface area contributed by atoms with E-state index >= 15 is 0 Å². The summed E-state index contributed by atoms with van der Waals surface area (Å²) in [4.78, 5) is 3.58. The summed E-state index contributed by atoms with van der Waals surface area (Å²) in [5.74, 6) is -0.243. The molecular formula is C18H16FN3O4S. The second-order valence-electron chi connectivity index (χ2n) is 5.90. The number of nitrogens with one attached hydrogen (secondary N) is 1. The molecule has 140 valence electrons. The molecule has 3 heterocycles. The van der Waals surface area contributed by atoms with Gasteiger partial charge in [-0.2, -0.15) is 4.39 Å². The number of hydrogen-bond acceptors (Lipinski definition) is 6. The van der Waals surface area contributed by atoms with Crippen LogP contribution < -0.4 is 14.8 Å². The van der Waals surface area contributed by atoms with Crippen molar-refractivity contribution in [3.05, 3.63) is 60.3 Å². The van der Waals surface area contributed by atoms with E-state index < -0.39 is 16.0 Å². The third-order valence-electron chi connectivity index (χ3n) is 4.16. The van der Waals surface area contributed by atoms with Gasteiger partial charge in [-0.25, -0.2) is 17.4 Å². The van der Waals surface area contributed by atoms with Crippen molar-refractivity contribution >= 4 is 10.0 Å². The summed E-state index contributed by atoms with van der Waals surface area (Å²) in [7, 11) is -2.33. The summed E-state index contributed by atoms with van der Waals surface area (Å²) in [6.45, 7) is 0.368.